The van der Waals surface area contributed by atoms with Gasteiger partial charge in [0.25, 0.3) is 0 Å². The predicted molar refractivity (Wildman–Crippen MR) is 75.6 cm³/mol. The fourth-order valence-electron chi connectivity index (χ4n) is 2.65. The normalized spacial score (nSPS) is 20.5. The molecule has 0 bridgehead atoms. The van der Waals surface area contributed by atoms with Crippen molar-refractivity contribution in [3.63, 3.8) is 0 Å². The Balaban J connectivity index is 1.73. The van der Waals surface area contributed by atoms with Crippen molar-refractivity contribution in [3.05, 3.63) is 28.7 Å². The van der Waals surface area contributed by atoms with Crippen molar-refractivity contribution in [1.82, 2.24) is 9.88 Å². The van der Waals surface area contributed by atoms with Crippen molar-refractivity contribution < 1.29 is 4.42 Å². The highest BCUT2D eigenvalue weighted by Crippen LogP contribution is 2.20. The standard InChI is InChI=1S/C14H19N3O2/c1-9(2)17-6-5-11(8-17)15-10-3-4-13-12(7-10)16-14(18)19-13/h3-4,7,9,11,15H,5-6,8H2,1-2H3,(H,16,18). The first-order valence-corrected chi connectivity index (χ1v) is 6.75. The number of nitrogens with zero attached hydrogens (tertiary/aromatic N) is 1. The SMILES string of the molecule is CC(C)N1CCC(Nc2ccc3oc(=O)[nH]c3c2)C1. The first-order valence-electron chi connectivity index (χ1n) is 6.75. The third kappa shape index (κ3) is 2.51. The van der Waals surface area contributed by atoms with E-state index in [1.54, 1.807) is 0 Å². The summed E-state index contributed by atoms with van der Waals surface area (Å²) in [4.78, 5) is 16.3. The van der Waals surface area contributed by atoms with Gasteiger partial charge >= 0.3 is 5.76 Å². The van der Waals surface area contributed by atoms with Crippen LogP contribution in [0.1, 0.15) is 20.3 Å². The fraction of sp³-hybridized carbons (Fsp3) is 0.500. The van der Waals surface area contributed by atoms with E-state index < -0.39 is 5.76 Å². The van der Waals surface area contributed by atoms with Crippen molar-refractivity contribution in [2.75, 3.05) is 18.4 Å². The van der Waals surface area contributed by atoms with E-state index in [4.69, 9.17) is 4.42 Å². The van der Waals surface area contributed by atoms with Crippen LogP contribution in [-0.4, -0.2) is 35.1 Å². The van der Waals surface area contributed by atoms with Gasteiger partial charge in [-0.15, -0.1) is 0 Å². The minimum absolute atomic E-state index is 0.404. The third-order valence-corrected chi connectivity index (χ3v) is 3.74. The number of nitrogens with one attached hydrogen (secondary N) is 2. The molecule has 2 N–H and O–H groups in total. The molecule has 1 aliphatic heterocycles. The summed E-state index contributed by atoms with van der Waals surface area (Å²) in [7, 11) is 0. The van der Waals surface area contributed by atoms with Crippen LogP contribution in [0.4, 0.5) is 5.69 Å². The van der Waals surface area contributed by atoms with E-state index in [0.29, 0.717) is 17.7 Å². The highest BCUT2D eigenvalue weighted by molar-refractivity contribution is 5.76. The molecule has 3 rings (SSSR count). The second-order valence-corrected chi connectivity index (χ2v) is 5.44. The van der Waals surface area contributed by atoms with Crippen molar-refractivity contribution in [3.8, 4) is 0 Å². The summed E-state index contributed by atoms with van der Waals surface area (Å²) >= 11 is 0. The van der Waals surface area contributed by atoms with Gasteiger partial charge in [0, 0.05) is 30.9 Å². The van der Waals surface area contributed by atoms with Gasteiger partial charge < -0.3 is 9.73 Å². The lowest BCUT2D eigenvalue weighted by molar-refractivity contribution is 0.274. The Morgan fingerprint density at radius 3 is 3.05 bits per heavy atom. The van der Waals surface area contributed by atoms with Gasteiger partial charge in [0.2, 0.25) is 0 Å². The number of hydrogen-bond acceptors (Lipinski definition) is 4. The van der Waals surface area contributed by atoms with E-state index in [2.05, 4.69) is 29.0 Å². The molecule has 2 aromatic rings. The zero-order valence-corrected chi connectivity index (χ0v) is 11.3. The molecule has 1 fully saturated rings. The van der Waals surface area contributed by atoms with Crippen LogP contribution >= 0.6 is 0 Å². The molecular formula is C14H19N3O2. The molecular weight excluding hydrogens is 242 g/mol. The number of fused-ring (bicyclic) bond motifs is 1. The first kappa shape index (κ1) is 12.3. The van der Waals surface area contributed by atoms with Crippen molar-refractivity contribution in [2.45, 2.75) is 32.4 Å². The minimum atomic E-state index is -0.404. The predicted octanol–water partition coefficient (Wildman–Crippen LogP) is 2.02. The van der Waals surface area contributed by atoms with Crippen molar-refractivity contribution in [1.29, 1.82) is 0 Å². The van der Waals surface area contributed by atoms with Crippen LogP contribution in [0.5, 0.6) is 0 Å². The molecule has 19 heavy (non-hydrogen) atoms. The summed E-state index contributed by atoms with van der Waals surface area (Å²) in [6.45, 7) is 6.66. The first-order chi connectivity index (χ1) is 9.11. The Hall–Kier alpha value is -1.75. The Kier molecular flexibility index (Phi) is 3.06. The zero-order valence-electron chi connectivity index (χ0n) is 11.3. The summed E-state index contributed by atoms with van der Waals surface area (Å²) in [5.41, 5.74) is 2.37. The van der Waals surface area contributed by atoms with Gasteiger partial charge in [-0.25, -0.2) is 4.79 Å². The molecule has 5 nitrogen and oxygen atoms in total. The number of H-pyrrole nitrogens is 1. The van der Waals surface area contributed by atoms with Crippen LogP contribution in [0.25, 0.3) is 11.1 Å². The van der Waals surface area contributed by atoms with Crippen LogP contribution in [0.2, 0.25) is 0 Å². The number of rotatable bonds is 3. The summed E-state index contributed by atoms with van der Waals surface area (Å²) in [6, 6.07) is 6.78. The highest BCUT2D eigenvalue weighted by Gasteiger charge is 2.23. The smallest absolute Gasteiger partial charge is 0.408 e. The maximum atomic E-state index is 11.1. The molecule has 0 amide bonds. The second-order valence-electron chi connectivity index (χ2n) is 5.44. The molecule has 5 heteroatoms. The number of likely N-dealkylation sites (tertiary alicyclic amines) is 1. The Labute approximate surface area is 111 Å². The van der Waals surface area contributed by atoms with E-state index in [1.165, 1.54) is 0 Å². The van der Waals surface area contributed by atoms with Crippen LogP contribution < -0.4 is 11.1 Å². The van der Waals surface area contributed by atoms with E-state index in [1.807, 2.05) is 18.2 Å². The van der Waals surface area contributed by atoms with Crippen LogP contribution in [0.3, 0.4) is 0 Å². The van der Waals surface area contributed by atoms with E-state index in [9.17, 15) is 4.79 Å². The number of hydrogen-bond donors (Lipinski definition) is 2. The van der Waals surface area contributed by atoms with Crippen LogP contribution in [0.15, 0.2) is 27.4 Å². The van der Waals surface area contributed by atoms with Crippen molar-refractivity contribution >= 4 is 16.8 Å². The van der Waals surface area contributed by atoms with Gasteiger partial charge in [0.1, 0.15) is 0 Å². The Morgan fingerprint density at radius 1 is 1.47 bits per heavy atom. The second kappa shape index (κ2) is 4.74. The number of aromatic nitrogens is 1. The fourth-order valence-corrected chi connectivity index (χ4v) is 2.65. The van der Waals surface area contributed by atoms with Gasteiger partial charge in [-0.05, 0) is 38.5 Å². The van der Waals surface area contributed by atoms with Crippen LogP contribution in [-0.2, 0) is 0 Å². The lowest BCUT2D eigenvalue weighted by Gasteiger charge is -2.20. The van der Waals surface area contributed by atoms with Gasteiger partial charge in [0.15, 0.2) is 5.58 Å². The molecule has 1 aromatic heterocycles. The quantitative estimate of drug-likeness (QED) is 0.887. The van der Waals surface area contributed by atoms with Gasteiger partial charge in [-0.2, -0.15) is 0 Å². The molecule has 0 saturated carbocycles. The van der Waals surface area contributed by atoms with Crippen LogP contribution in [0, 0.1) is 0 Å². The highest BCUT2D eigenvalue weighted by atomic mass is 16.4. The number of aromatic amines is 1. The molecule has 2 heterocycles. The maximum absolute atomic E-state index is 11.1. The number of anilines is 1. The molecule has 0 spiro atoms. The Bertz CT molecular complexity index is 629. The summed E-state index contributed by atoms with van der Waals surface area (Å²) in [5, 5.41) is 3.52. The lowest BCUT2D eigenvalue weighted by Crippen LogP contribution is -2.31. The Morgan fingerprint density at radius 2 is 2.32 bits per heavy atom. The molecule has 1 saturated heterocycles. The lowest BCUT2D eigenvalue weighted by atomic mass is 10.2. The number of benzene rings is 1. The molecule has 1 aromatic carbocycles. The largest absolute Gasteiger partial charge is 0.417 e. The summed E-state index contributed by atoms with van der Waals surface area (Å²) in [5.74, 6) is -0.404. The molecule has 0 aliphatic carbocycles. The molecule has 1 unspecified atom stereocenters. The molecule has 102 valence electrons. The summed E-state index contributed by atoms with van der Waals surface area (Å²) < 4.78 is 4.99. The van der Waals surface area contributed by atoms with E-state index in [-0.39, 0.29) is 0 Å². The molecule has 1 atom stereocenters. The molecule has 0 radical (unpaired) electrons. The van der Waals surface area contributed by atoms with Gasteiger partial charge in [-0.1, -0.05) is 0 Å². The topological polar surface area (TPSA) is 61.3 Å². The zero-order chi connectivity index (χ0) is 13.4. The minimum Gasteiger partial charge on any atom is -0.408 e. The van der Waals surface area contributed by atoms with E-state index >= 15 is 0 Å². The molecule has 1 aliphatic rings. The average Bonchev–Trinajstić information content (AvgIpc) is 2.94. The van der Waals surface area contributed by atoms with Gasteiger partial charge in [0.05, 0.1) is 5.52 Å². The van der Waals surface area contributed by atoms with Gasteiger partial charge in [-0.3, -0.25) is 9.88 Å². The van der Waals surface area contributed by atoms with E-state index in [0.717, 1.165) is 30.7 Å². The van der Waals surface area contributed by atoms with Crippen molar-refractivity contribution in [2.24, 2.45) is 0 Å². The maximum Gasteiger partial charge on any atom is 0.417 e. The summed E-state index contributed by atoms with van der Waals surface area (Å²) in [6.07, 6.45) is 1.15. The average molecular weight is 261 g/mol. The number of oxazole rings is 1. The third-order valence-electron chi connectivity index (χ3n) is 3.74. The monoisotopic (exact) mass is 261 g/mol.